The second-order valence-electron chi connectivity index (χ2n) is 4.57. The van der Waals surface area contributed by atoms with Crippen LogP contribution in [0.4, 0.5) is 11.5 Å². The molecule has 100 valence electrons. The molecule has 7 nitrogen and oxygen atoms in total. The number of aromatic nitrogens is 1. The molecule has 1 fully saturated rings. The van der Waals surface area contributed by atoms with Crippen LogP contribution in [-0.4, -0.2) is 28.5 Å². The van der Waals surface area contributed by atoms with Gasteiger partial charge in [0.1, 0.15) is 11.9 Å². The Morgan fingerprint density at radius 3 is 3.05 bits per heavy atom. The molecule has 2 atom stereocenters. The zero-order valence-electron chi connectivity index (χ0n) is 10.6. The molecule has 1 aromatic heterocycles. The summed E-state index contributed by atoms with van der Waals surface area (Å²) in [4.78, 5) is 14.1. The van der Waals surface area contributed by atoms with E-state index in [-0.39, 0.29) is 17.4 Å². The van der Waals surface area contributed by atoms with Gasteiger partial charge in [-0.3, -0.25) is 10.1 Å². The fourth-order valence-corrected chi connectivity index (χ4v) is 2.19. The monoisotopic (exact) mass is 261 g/mol. The second-order valence-corrected chi connectivity index (χ2v) is 4.57. The van der Waals surface area contributed by atoms with Crippen LogP contribution in [0, 0.1) is 21.4 Å². The maximum Gasteiger partial charge on any atom is 0.305 e. The van der Waals surface area contributed by atoms with Crippen molar-refractivity contribution in [2.45, 2.75) is 31.8 Å². The van der Waals surface area contributed by atoms with E-state index in [0.717, 1.165) is 19.4 Å². The van der Waals surface area contributed by atoms with Crippen molar-refractivity contribution in [3.63, 3.8) is 0 Å². The van der Waals surface area contributed by atoms with Crippen LogP contribution in [0.25, 0.3) is 0 Å². The van der Waals surface area contributed by atoms with Crippen LogP contribution < -0.4 is 10.6 Å². The van der Waals surface area contributed by atoms with E-state index in [1.165, 1.54) is 6.07 Å². The SMILES string of the molecule is CC1NCCCC1Nc1ccc([N+](=O)[O-])c(C#N)n1. The number of hydrogen-bond donors (Lipinski definition) is 2. The lowest BCUT2D eigenvalue weighted by atomic mass is 10.00. The number of nitrogens with one attached hydrogen (secondary N) is 2. The summed E-state index contributed by atoms with van der Waals surface area (Å²) >= 11 is 0. The van der Waals surface area contributed by atoms with Crippen LogP contribution in [0.2, 0.25) is 0 Å². The smallest absolute Gasteiger partial charge is 0.305 e. The number of piperidine rings is 1. The summed E-state index contributed by atoms with van der Waals surface area (Å²) in [6.07, 6.45) is 2.08. The lowest BCUT2D eigenvalue weighted by Crippen LogP contribution is -2.46. The Balaban J connectivity index is 2.17. The molecule has 2 N–H and O–H groups in total. The average Bonchev–Trinajstić information content (AvgIpc) is 2.41. The van der Waals surface area contributed by atoms with Crippen molar-refractivity contribution in [3.8, 4) is 6.07 Å². The first-order valence-electron chi connectivity index (χ1n) is 6.17. The zero-order chi connectivity index (χ0) is 13.8. The van der Waals surface area contributed by atoms with E-state index >= 15 is 0 Å². The molecular weight excluding hydrogens is 246 g/mol. The van der Waals surface area contributed by atoms with E-state index < -0.39 is 4.92 Å². The minimum atomic E-state index is -0.597. The second kappa shape index (κ2) is 5.63. The first kappa shape index (κ1) is 13.2. The highest BCUT2D eigenvalue weighted by Crippen LogP contribution is 2.20. The van der Waals surface area contributed by atoms with Crippen molar-refractivity contribution >= 4 is 11.5 Å². The average molecular weight is 261 g/mol. The van der Waals surface area contributed by atoms with Gasteiger partial charge in [0, 0.05) is 18.2 Å². The van der Waals surface area contributed by atoms with Gasteiger partial charge in [0.15, 0.2) is 0 Å². The summed E-state index contributed by atoms with van der Waals surface area (Å²) in [5.41, 5.74) is -0.422. The fraction of sp³-hybridized carbons (Fsp3) is 0.500. The molecule has 2 rings (SSSR count). The van der Waals surface area contributed by atoms with Crippen molar-refractivity contribution < 1.29 is 4.92 Å². The van der Waals surface area contributed by atoms with E-state index in [4.69, 9.17) is 5.26 Å². The summed E-state index contributed by atoms with van der Waals surface area (Å²) in [7, 11) is 0. The lowest BCUT2D eigenvalue weighted by molar-refractivity contribution is -0.385. The summed E-state index contributed by atoms with van der Waals surface area (Å²) in [5, 5.41) is 26.2. The predicted molar refractivity (Wildman–Crippen MR) is 69.7 cm³/mol. The maximum absolute atomic E-state index is 10.7. The van der Waals surface area contributed by atoms with Gasteiger partial charge in [-0.05, 0) is 32.4 Å². The fourth-order valence-electron chi connectivity index (χ4n) is 2.19. The van der Waals surface area contributed by atoms with Crippen molar-refractivity contribution in [2.24, 2.45) is 0 Å². The molecule has 2 heterocycles. The Morgan fingerprint density at radius 2 is 2.42 bits per heavy atom. The molecule has 7 heteroatoms. The van der Waals surface area contributed by atoms with Crippen molar-refractivity contribution in [3.05, 3.63) is 27.9 Å². The van der Waals surface area contributed by atoms with E-state index in [1.807, 2.05) is 0 Å². The molecule has 1 aliphatic heterocycles. The summed E-state index contributed by atoms with van der Waals surface area (Å²) in [6.45, 7) is 3.07. The Hall–Kier alpha value is -2.20. The Bertz CT molecular complexity index is 525. The summed E-state index contributed by atoms with van der Waals surface area (Å²) in [6, 6.07) is 5.13. The van der Waals surface area contributed by atoms with E-state index in [9.17, 15) is 10.1 Å². The van der Waals surface area contributed by atoms with Crippen molar-refractivity contribution in [1.82, 2.24) is 10.3 Å². The van der Waals surface area contributed by atoms with Gasteiger partial charge in [-0.1, -0.05) is 0 Å². The normalized spacial score (nSPS) is 22.5. The highest BCUT2D eigenvalue weighted by molar-refractivity contribution is 5.50. The standard InChI is InChI=1S/C12H15N5O2/c1-8-9(3-2-6-14-8)15-12-5-4-11(17(18)19)10(7-13)16-12/h4-5,8-9,14H,2-3,6H2,1H3,(H,15,16). The van der Waals surface area contributed by atoms with Gasteiger partial charge in [0.25, 0.3) is 0 Å². The van der Waals surface area contributed by atoms with Gasteiger partial charge in [-0.25, -0.2) is 4.98 Å². The molecular formula is C12H15N5O2. The topological polar surface area (TPSA) is 104 Å². The van der Waals surface area contributed by atoms with Gasteiger partial charge in [-0.15, -0.1) is 0 Å². The first-order chi connectivity index (χ1) is 9.11. The molecule has 0 spiro atoms. The van der Waals surface area contributed by atoms with Crippen LogP contribution in [0.15, 0.2) is 12.1 Å². The number of nitrogens with zero attached hydrogens (tertiary/aromatic N) is 3. The number of nitriles is 1. The molecule has 0 saturated carbocycles. The summed E-state index contributed by atoms with van der Waals surface area (Å²) < 4.78 is 0. The molecule has 0 amide bonds. The van der Waals surface area contributed by atoms with E-state index in [1.54, 1.807) is 12.1 Å². The number of hydrogen-bond acceptors (Lipinski definition) is 6. The van der Waals surface area contributed by atoms with Gasteiger partial charge < -0.3 is 10.6 Å². The van der Waals surface area contributed by atoms with Crippen LogP contribution >= 0.6 is 0 Å². The van der Waals surface area contributed by atoms with Crippen molar-refractivity contribution in [2.75, 3.05) is 11.9 Å². The van der Waals surface area contributed by atoms with Crippen LogP contribution in [-0.2, 0) is 0 Å². The third-order valence-corrected chi connectivity index (χ3v) is 3.27. The van der Waals surface area contributed by atoms with Crippen LogP contribution in [0.3, 0.4) is 0 Å². The maximum atomic E-state index is 10.7. The van der Waals surface area contributed by atoms with E-state index in [2.05, 4.69) is 22.5 Å². The zero-order valence-corrected chi connectivity index (χ0v) is 10.6. The van der Waals surface area contributed by atoms with Gasteiger partial charge in [0.2, 0.25) is 5.69 Å². The largest absolute Gasteiger partial charge is 0.366 e. The number of rotatable bonds is 3. The minimum absolute atomic E-state index is 0.161. The number of pyridine rings is 1. The molecule has 0 aromatic carbocycles. The van der Waals surface area contributed by atoms with Crippen molar-refractivity contribution in [1.29, 1.82) is 5.26 Å². The predicted octanol–water partition coefficient (Wildman–Crippen LogP) is 1.41. The molecule has 1 aromatic rings. The number of anilines is 1. The minimum Gasteiger partial charge on any atom is -0.366 e. The van der Waals surface area contributed by atoms with Gasteiger partial charge >= 0.3 is 5.69 Å². The number of nitro groups is 1. The third-order valence-electron chi connectivity index (χ3n) is 3.27. The Labute approximate surface area is 110 Å². The van der Waals surface area contributed by atoms with Gasteiger partial charge in [-0.2, -0.15) is 5.26 Å². The quantitative estimate of drug-likeness (QED) is 0.629. The molecule has 19 heavy (non-hydrogen) atoms. The van der Waals surface area contributed by atoms with Gasteiger partial charge in [0.05, 0.1) is 4.92 Å². The molecule has 0 aliphatic carbocycles. The highest BCUT2D eigenvalue weighted by Gasteiger charge is 2.22. The molecule has 1 saturated heterocycles. The van der Waals surface area contributed by atoms with Crippen LogP contribution in [0.5, 0.6) is 0 Å². The Kier molecular flexibility index (Phi) is 3.92. The third kappa shape index (κ3) is 2.98. The highest BCUT2D eigenvalue weighted by atomic mass is 16.6. The summed E-state index contributed by atoms with van der Waals surface area (Å²) in [5.74, 6) is 0.503. The van der Waals surface area contributed by atoms with Crippen LogP contribution in [0.1, 0.15) is 25.5 Å². The first-order valence-corrected chi connectivity index (χ1v) is 6.17. The molecule has 0 radical (unpaired) electrons. The molecule has 2 unspecified atom stereocenters. The lowest BCUT2D eigenvalue weighted by Gasteiger charge is -2.31. The Morgan fingerprint density at radius 1 is 1.63 bits per heavy atom. The van der Waals surface area contributed by atoms with E-state index in [0.29, 0.717) is 11.9 Å². The molecule has 1 aliphatic rings. The molecule has 0 bridgehead atoms.